The first-order valence-corrected chi connectivity index (χ1v) is 9.68. The van der Waals surface area contributed by atoms with E-state index in [1.54, 1.807) is 0 Å². The fraction of sp³-hybridized carbons (Fsp3) is 0.400. The molecule has 2 aliphatic rings. The van der Waals surface area contributed by atoms with Gasteiger partial charge in [0.05, 0.1) is 17.8 Å². The van der Waals surface area contributed by atoms with Crippen molar-refractivity contribution in [3.05, 3.63) is 59.9 Å². The van der Waals surface area contributed by atoms with Crippen LogP contribution in [0.4, 0.5) is 0 Å². The first-order valence-electron chi connectivity index (χ1n) is 8.80. The molecule has 0 N–H and O–H groups in total. The number of fused-ring (bicyclic) bond motifs is 1. The number of rotatable bonds is 4. The molecule has 1 saturated heterocycles. The van der Waals surface area contributed by atoms with E-state index >= 15 is 0 Å². The third-order valence-electron chi connectivity index (χ3n) is 4.45. The Hall–Kier alpha value is -2.01. The smallest absolute Gasteiger partial charge is 0.160 e. The first kappa shape index (κ1) is 16.5. The summed E-state index contributed by atoms with van der Waals surface area (Å²) >= 11 is 1.86. The Bertz CT molecular complexity index is 778. The van der Waals surface area contributed by atoms with Gasteiger partial charge in [-0.25, -0.2) is 0 Å². The lowest BCUT2D eigenvalue weighted by Crippen LogP contribution is -2.28. The molecular weight excluding hydrogens is 330 g/mol. The van der Waals surface area contributed by atoms with Gasteiger partial charge in [-0.1, -0.05) is 36.9 Å². The molecule has 25 heavy (non-hydrogen) atoms. The van der Waals surface area contributed by atoms with Gasteiger partial charge in [0.1, 0.15) is 11.8 Å². The second-order valence-electron chi connectivity index (χ2n) is 6.88. The Labute approximate surface area is 153 Å². The van der Waals surface area contributed by atoms with Gasteiger partial charge in [-0.2, -0.15) is 0 Å². The molecule has 3 atom stereocenters. The quantitative estimate of drug-likeness (QED) is 0.813. The summed E-state index contributed by atoms with van der Waals surface area (Å²) in [6, 6.07) is 14.7. The van der Waals surface area contributed by atoms with Gasteiger partial charge in [-0.3, -0.25) is 9.98 Å². The summed E-state index contributed by atoms with van der Waals surface area (Å²) in [7, 11) is 0. The molecule has 130 valence electrons. The van der Waals surface area contributed by atoms with Crippen LogP contribution >= 0.6 is 11.8 Å². The standard InChI is InChI=1S/C20H23N3OS/c1-13(2)24-16-8-6-7-15(11-16)19-18(17-9-4-5-10-21-17)22-20-23(19)12-14(3)25-20/h4-11,13-14,18-19H,12H2,1-3H3/t14-,18+,19+/m0/s1. The number of thioether (sulfide) groups is 1. The summed E-state index contributed by atoms with van der Waals surface area (Å²) in [5, 5.41) is 1.71. The second-order valence-corrected chi connectivity index (χ2v) is 8.28. The Morgan fingerprint density at radius 3 is 2.84 bits per heavy atom. The van der Waals surface area contributed by atoms with Gasteiger partial charge < -0.3 is 9.64 Å². The minimum atomic E-state index is 0.0329. The maximum atomic E-state index is 5.91. The van der Waals surface area contributed by atoms with Crippen molar-refractivity contribution in [2.45, 2.75) is 44.2 Å². The highest BCUT2D eigenvalue weighted by molar-refractivity contribution is 8.14. The van der Waals surface area contributed by atoms with E-state index in [9.17, 15) is 0 Å². The van der Waals surface area contributed by atoms with E-state index in [4.69, 9.17) is 9.73 Å². The zero-order valence-corrected chi connectivity index (χ0v) is 15.6. The predicted molar refractivity (Wildman–Crippen MR) is 103 cm³/mol. The normalized spacial score (nSPS) is 25.2. The number of hydrogen-bond acceptors (Lipinski definition) is 5. The Balaban J connectivity index is 1.72. The molecule has 0 amide bonds. The van der Waals surface area contributed by atoms with Crippen LogP contribution < -0.4 is 4.74 Å². The molecule has 4 rings (SSSR count). The predicted octanol–water partition coefficient (Wildman–Crippen LogP) is 4.46. The molecule has 0 radical (unpaired) electrons. The van der Waals surface area contributed by atoms with Gasteiger partial charge in [-0.15, -0.1) is 0 Å². The number of pyridine rings is 1. The lowest BCUT2D eigenvalue weighted by Gasteiger charge is -2.27. The van der Waals surface area contributed by atoms with Crippen LogP contribution in [-0.4, -0.2) is 33.0 Å². The molecule has 1 aromatic heterocycles. The minimum Gasteiger partial charge on any atom is -0.491 e. The summed E-state index contributed by atoms with van der Waals surface area (Å²) < 4.78 is 5.91. The van der Waals surface area contributed by atoms with Crippen molar-refractivity contribution in [2.75, 3.05) is 6.54 Å². The molecule has 0 bridgehead atoms. The zero-order chi connectivity index (χ0) is 17.4. The van der Waals surface area contributed by atoms with Crippen molar-refractivity contribution in [3.8, 4) is 5.75 Å². The van der Waals surface area contributed by atoms with E-state index < -0.39 is 0 Å². The van der Waals surface area contributed by atoms with Crippen LogP contribution in [0.1, 0.15) is 44.1 Å². The van der Waals surface area contributed by atoms with E-state index in [1.807, 2.05) is 36.2 Å². The highest BCUT2D eigenvalue weighted by Gasteiger charge is 2.43. The number of nitrogens with zero attached hydrogens (tertiary/aromatic N) is 3. The van der Waals surface area contributed by atoms with E-state index in [-0.39, 0.29) is 18.2 Å². The molecule has 2 aliphatic heterocycles. The van der Waals surface area contributed by atoms with Gasteiger partial charge in [0.25, 0.3) is 0 Å². The molecule has 3 heterocycles. The monoisotopic (exact) mass is 353 g/mol. The molecule has 5 heteroatoms. The number of benzene rings is 1. The molecule has 4 nitrogen and oxygen atoms in total. The number of amidine groups is 1. The van der Waals surface area contributed by atoms with Crippen LogP contribution in [0.3, 0.4) is 0 Å². The van der Waals surface area contributed by atoms with E-state index in [1.165, 1.54) is 5.56 Å². The van der Waals surface area contributed by atoms with Gasteiger partial charge in [0.15, 0.2) is 5.17 Å². The van der Waals surface area contributed by atoms with Crippen molar-refractivity contribution in [1.82, 2.24) is 9.88 Å². The Kier molecular flexibility index (Phi) is 4.42. The zero-order valence-electron chi connectivity index (χ0n) is 14.8. The third-order valence-corrected chi connectivity index (χ3v) is 5.55. The lowest BCUT2D eigenvalue weighted by molar-refractivity contribution is 0.241. The van der Waals surface area contributed by atoms with Crippen molar-refractivity contribution in [1.29, 1.82) is 0 Å². The maximum absolute atomic E-state index is 5.91. The van der Waals surface area contributed by atoms with Crippen LogP contribution in [0.15, 0.2) is 53.7 Å². The molecular formula is C20H23N3OS. The number of aromatic nitrogens is 1. The van der Waals surface area contributed by atoms with Crippen LogP contribution in [-0.2, 0) is 0 Å². The van der Waals surface area contributed by atoms with E-state index in [0.717, 1.165) is 23.2 Å². The van der Waals surface area contributed by atoms with Crippen molar-refractivity contribution < 1.29 is 4.74 Å². The Morgan fingerprint density at radius 2 is 2.08 bits per heavy atom. The second kappa shape index (κ2) is 6.71. The Morgan fingerprint density at radius 1 is 1.20 bits per heavy atom. The van der Waals surface area contributed by atoms with Crippen LogP contribution in [0.5, 0.6) is 5.75 Å². The van der Waals surface area contributed by atoms with Gasteiger partial charge in [0, 0.05) is 18.0 Å². The van der Waals surface area contributed by atoms with Crippen molar-refractivity contribution in [2.24, 2.45) is 4.99 Å². The highest BCUT2D eigenvalue weighted by Crippen LogP contribution is 2.47. The van der Waals surface area contributed by atoms with Crippen molar-refractivity contribution >= 4 is 16.9 Å². The molecule has 1 aromatic carbocycles. The average Bonchev–Trinajstić information content (AvgIpc) is 3.11. The van der Waals surface area contributed by atoms with Crippen molar-refractivity contribution in [3.63, 3.8) is 0 Å². The maximum Gasteiger partial charge on any atom is 0.160 e. The lowest BCUT2D eigenvalue weighted by atomic mass is 9.96. The molecule has 0 unspecified atom stereocenters. The number of ether oxygens (including phenoxy) is 1. The van der Waals surface area contributed by atoms with Crippen LogP contribution in [0.2, 0.25) is 0 Å². The molecule has 0 spiro atoms. The number of hydrogen-bond donors (Lipinski definition) is 0. The van der Waals surface area contributed by atoms with E-state index in [0.29, 0.717) is 5.25 Å². The topological polar surface area (TPSA) is 37.7 Å². The highest BCUT2D eigenvalue weighted by atomic mass is 32.2. The SMILES string of the molecule is CC(C)Oc1cccc([C@@H]2[C@@H](c3ccccn3)N=C3S[C@@H](C)CN32)c1. The molecule has 2 aromatic rings. The molecule has 0 saturated carbocycles. The molecule has 1 fully saturated rings. The summed E-state index contributed by atoms with van der Waals surface area (Å²) in [4.78, 5) is 12.0. The first-order chi connectivity index (χ1) is 12.1. The largest absolute Gasteiger partial charge is 0.491 e. The minimum absolute atomic E-state index is 0.0329. The van der Waals surface area contributed by atoms with Crippen LogP contribution in [0.25, 0.3) is 0 Å². The number of aliphatic imine (C=N–C) groups is 1. The summed E-state index contributed by atoms with van der Waals surface area (Å²) in [6.07, 6.45) is 2.02. The van der Waals surface area contributed by atoms with Gasteiger partial charge in [0.2, 0.25) is 0 Å². The summed E-state index contributed by atoms with van der Waals surface area (Å²) in [6.45, 7) is 7.39. The fourth-order valence-corrected chi connectivity index (χ4v) is 4.62. The van der Waals surface area contributed by atoms with Gasteiger partial charge in [-0.05, 0) is 43.7 Å². The van der Waals surface area contributed by atoms with Gasteiger partial charge >= 0.3 is 0 Å². The third kappa shape index (κ3) is 3.25. The average molecular weight is 353 g/mol. The fourth-order valence-electron chi connectivity index (χ4n) is 3.52. The summed E-state index contributed by atoms with van der Waals surface area (Å²) in [5.41, 5.74) is 2.26. The van der Waals surface area contributed by atoms with E-state index in [2.05, 4.69) is 54.9 Å². The summed E-state index contributed by atoms with van der Waals surface area (Å²) in [5.74, 6) is 0.917. The molecule has 0 aliphatic carbocycles. The van der Waals surface area contributed by atoms with Crippen LogP contribution in [0, 0.1) is 0 Å².